The number of aromatic nitrogens is 2. The summed E-state index contributed by atoms with van der Waals surface area (Å²) in [4.78, 5) is 9.17. The first kappa shape index (κ1) is 20.6. The van der Waals surface area contributed by atoms with Gasteiger partial charge in [0.15, 0.2) is 5.82 Å². The third-order valence-corrected chi connectivity index (χ3v) is 5.89. The number of ether oxygens (including phenoxy) is 1. The zero-order valence-electron chi connectivity index (χ0n) is 17.6. The van der Waals surface area contributed by atoms with Gasteiger partial charge in [0.1, 0.15) is 11.3 Å². The molecule has 0 aliphatic carbocycles. The minimum atomic E-state index is 0.489. The van der Waals surface area contributed by atoms with Gasteiger partial charge in [-0.15, -0.1) is 9.24 Å². The van der Waals surface area contributed by atoms with Crippen LogP contribution in [0.15, 0.2) is 48.7 Å². The molecule has 4 rings (SSSR count). The second-order valence-electron chi connectivity index (χ2n) is 7.84. The first-order chi connectivity index (χ1) is 14.5. The highest BCUT2D eigenvalue weighted by Crippen LogP contribution is 2.28. The molecule has 0 aliphatic rings. The Kier molecular flexibility index (Phi) is 6.15. The summed E-state index contributed by atoms with van der Waals surface area (Å²) in [5, 5.41) is 2.17. The van der Waals surface area contributed by atoms with Crippen LogP contribution in [0.2, 0.25) is 0 Å². The van der Waals surface area contributed by atoms with Crippen molar-refractivity contribution in [1.82, 2.24) is 9.97 Å². The molecule has 0 fully saturated rings. The van der Waals surface area contributed by atoms with Gasteiger partial charge in [0.2, 0.25) is 0 Å². The minimum Gasteiger partial charge on any atom is -0.494 e. The van der Waals surface area contributed by atoms with Crippen molar-refractivity contribution in [3.05, 3.63) is 70.9 Å². The molecule has 2 N–H and O–H groups in total. The third kappa shape index (κ3) is 4.39. The summed E-state index contributed by atoms with van der Waals surface area (Å²) in [6.45, 7) is 4.98. The summed E-state index contributed by atoms with van der Waals surface area (Å²) in [5.74, 6) is 1.44. The molecule has 4 nitrogen and oxygen atoms in total. The molecular weight excluding hydrogens is 389 g/mol. The molecule has 5 heteroatoms. The number of aryl methyl sites for hydroxylation is 4. The van der Waals surface area contributed by atoms with Crippen LogP contribution < -0.4 is 10.5 Å². The van der Waals surface area contributed by atoms with E-state index in [2.05, 4.69) is 75.5 Å². The molecule has 0 bridgehead atoms. The Bertz CT molecular complexity index is 1210. The highest BCUT2D eigenvalue weighted by atomic mass is 31.0. The lowest BCUT2D eigenvalue weighted by atomic mass is 9.99. The van der Waals surface area contributed by atoms with Crippen LogP contribution in [0.5, 0.6) is 5.75 Å². The van der Waals surface area contributed by atoms with Crippen molar-refractivity contribution in [1.29, 1.82) is 0 Å². The number of hydrogen-bond donors (Lipinski definition) is 1. The van der Waals surface area contributed by atoms with E-state index in [4.69, 9.17) is 10.5 Å². The molecule has 1 atom stereocenters. The van der Waals surface area contributed by atoms with Crippen LogP contribution in [0.1, 0.15) is 28.7 Å². The van der Waals surface area contributed by atoms with Crippen LogP contribution in [0.4, 0.5) is 5.82 Å². The lowest BCUT2D eigenvalue weighted by Crippen LogP contribution is -2.00. The van der Waals surface area contributed by atoms with Gasteiger partial charge < -0.3 is 10.5 Å². The van der Waals surface area contributed by atoms with Crippen molar-refractivity contribution in [2.75, 3.05) is 18.5 Å². The van der Waals surface area contributed by atoms with Crippen molar-refractivity contribution >= 4 is 36.9 Å². The second kappa shape index (κ2) is 8.97. The number of pyridine rings is 2. The Morgan fingerprint density at radius 2 is 1.87 bits per heavy atom. The maximum absolute atomic E-state index is 6.18. The van der Waals surface area contributed by atoms with E-state index >= 15 is 0 Å². The lowest BCUT2D eigenvalue weighted by molar-refractivity contribution is 0.318. The van der Waals surface area contributed by atoms with Crippen LogP contribution in [0.3, 0.4) is 0 Å². The second-order valence-corrected chi connectivity index (χ2v) is 8.41. The first-order valence-electron chi connectivity index (χ1n) is 10.4. The number of hydrogen-bond acceptors (Lipinski definition) is 4. The molecule has 1 unspecified atom stereocenters. The smallest absolute Gasteiger partial charge is 0.150 e. The van der Waals surface area contributed by atoms with Crippen LogP contribution in [-0.4, -0.2) is 22.7 Å². The van der Waals surface area contributed by atoms with E-state index in [1.54, 1.807) is 0 Å². The fraction of sp³-hybridized carbons (Fsp3) is 0.280. The summed E-state index contributed by atoms with van der Waals surface area (Å²) in [6, 6.07) is 14.9. The van der Waals surface area contributed by atoms with E-state index in [1.807, 2.05) is 6.20 Å². The lowest BCUT2D eigenvalue weighted by Gasteiger charge is -2.11. The maximum atomic E-state index is 6.18. The predicted molar refractivity (Wildman–Crippen MR) is 129 cm³/mol. The van der Waals surface area contributed by atoms with Crippen LogP contribution >= 0.6 is 9.24 Å². The normalized spacial score (nSPS) is 11.3. The summed E-state index contributed by atoms with van der Waals surface area (Å²) < 4.78 is 5.81. The molecule has 154 valence electrons. The third-order valence-electron chi connectivity index (χ3n) is 5.49. The Morgan fingerprint density at radius 3 is 2.67 bits per heavy atom. The van der Waals surface area contributed by atoms with Crippen molar-refractivity contribution in [3.8, 4) is 5.75 Å². The molecule has 0 saturated heterocycles. The van der Waals surface area contributed by atoms with Gasteiger partial charge >= 0.3 is 0 Å². The van der Waals surface area contributed by atoms with Crippen LogP contribution in [-0.2, 0) is 12.8 Å². The fourth-order valence-electron chi connectivity index (χ4n) is 3.79. The number of fused-ring (bicyclic) bond motifs is 3. The van der Waals surface area contributed by atoms with Crippen molar-refractivity contribution in [3.63, 3.8) is 0 Å². The molecule has 0 aliphatic heterocycles. The molecule has 0 spiro atoms. The molecule has 0 saturated carbocycles. The number of nitrogen functional groups attached to an aromatic ring is 1. The van der Waals surface area contributed by atoms with E-state index in [0.717, 1.165) is 59.6 Å². The maximum Gasteiger partial charge on any atom is 0.150 e. The van der Waals surface area contributed by atoms with E-state index < -0.39 is 0 Å². The van der Waals surface area contributed by atoms with Gasteiger partial charge in [-0.3, -0.25) is 4.98 Å². The quantitative estimate of drug-likeness (QED) is 0.248. The Morgan fingerprint density at radius 1 is 1.00 bits per heavy atom. The Labute approximate surface area is 180 Å². The number of anilines is 1. The molecule has 2 heterocycles. The van der Waals surface area contributed by atoms with Crippen molar-refractivity contribution < 1.29 is 4.74 Å². The van der Waals surface area contributed by atoms with Crippen LogP contribution in [0, 0.1) is 13.8 Å². The molecule has 0 radical (unpaired) electrons. The van der Waals surface area contributed by atoms with Gasteiger partial charge in [-0.1, -0.05) is 18.2 Å². The van der Waals surface area contributed by atoms with Crippen molar-refractivity contribution in [2.24, 2.45) is 0 Å². The van der Waals surface area contributed by atoms with E-state index in [9.17, 15) is 0 Å². The summed E-state index contributed by atoms with van der Waals surface area (Å²) in [7, 11) is 2.73. The number of benzene rings is 2. The molecule has 30 heavy (non-hydrogen) atoms. The number of nitrogens with zero attached hydrogens (tertiary/aromatic N) is 2. The monoisotopic (exact) mass is 417 g/mol. The SMILES string of the molecule is Cc1ccc2c(c1)nc(N)c1ncc(CCc3ccc(OCCCP)cc3C)cc12. The van der Waals surface area contributed by atoms with Gasteiger partial charge in [-0.25, -0.2) is 4.98 Å². The highest BCUT2D eigenvalue weighted by molar-refractivity contribution is 7.16. The number of nitrogens with two attached hydrogens (primary N) is 1. The predicted octanol–water partition coefficient (Wildman–Crippen LogP) is 5.41. The average Bonchev–Trinajstić information content (AvgIpc) is 2.73. The van der Waals surface area contributed by atoms with Crippen LogP contribution in [0.25, 0.3) is 21.8 Å². The zero-order valence-corrected chi connectivity index (χ0v) is 18.8. The van der Waals surface area contributed by atoms with Gasteiger partial charge in [0, 0.05) is 17.0 Å². The summed E-state index contributed by atoms with van der Waals surface area (Å²) in [6.07, 6.45) is 5.92. The molecule has 0 amide bonds. The fourth-order valence-corrected chi connectivity index (χ4v) is 3.96. The molecular formula is C25H28N3OP. The average molecular weight is 417 g/mol. The standard InChI is InChI=1S/C25H28N3OP/c1-16-4-9-21-22-14-18(15-27-24(22)25(26)28-23(21)12-16)5-6-19-7-8-20(13-17(19)2)29-10-3-11-30/h4,7-9,12-15H,3,5-6,10-11,30H2,1-2H3,(H2,26,28). The Hall–Kier alpha value is -2.71. The van der Waals surface area contributed by atoms with Gasteiger partial charge in [0.05, 0.1) is 12.1 Å². The van der Waals surface area contributed by atoms with E-state index in [-0.39, 0.29) is 0 Å². The molecule has 2 aromatic heterocycles. The van der Waals surface area contributed by atoms with Gasteiger partial charge in [0.25, 0.3) is 0 Å². The molecule has 4 aromatic rings. The molecule has 2 aromatic carbocycles. The largest absolute Gasteiger partial charge is 0.494 e. The summed E-state index contributed by atoms with van der Waals surface area (Å²) >= 11 is 0. The van der Waals surface area contributed by atoms with Gasteiger partial charge in [-0.05, 0) is 85.8 Å². The minimum absolute atomic E-state index is 0.489. The topological polar surface area (TPSA) is 61.0 Å². The zero-order chi connectivity index (χ0) is 21.1. The van der Waals surface area contributed by atoms with Crippen molar-refractivity contribution in [2.45, 2.75) is 33.1 Å². The van der Waals surface area contributed by atoms with E-state index in [1.165, 1.54) is 22.3 Å². The Balaban J connectivity index is 1.56. The van der Waals surface area contributed by atoms with E-state index in [0.29, 0.717) is 5.82 Å². The van der Waals surface area contributed by atoms with Gasteiger partial charge in [-0.2, -0.15) is 0 Å². The summed E-state index contributed by atoms with van der Waals surface area (Å²) in [5.41, 5.74) is 12.9. The highest BCUT2D eigenvalue weighted by Gasteiger charge is 2.10. The first-order valence-corrected chi connectivity index (χ1v) is 11.2. The number of rotatable bonds is 7.